The highest BCUT2D eigenvalue weighted by Gasteiger charge is 2.23. The normalized spacial score (nSPS) is 30.0. The number of hydrogen-bond acceptors (Lipinski definition) is 0. The quantitative estimate of drug-likeness (QED) is 0.565. The van der Waals surface area contributed by atoms with Crippen molar-refractivity contribution in [3.8, 4) is 0 Å². The number of rotatable bonds is 2. The average Bonchev–Trinajstić information content (AvgIpc) is 2.05. The van der Waals surface area contributed by atoms with E-state index in [0.717, 1.165) is 12.0 Å². The third-order valence-corrected chi connectivity index (χ3v) is 3.24. The van der Waals surface area contributed by atoms with E-state index in [2.05, 4.69) is 21.0 Å². The SMILES string of the molecule is CCC1CCC([NH+](C)C)CC1.[I-]. The van der Waals surface area contributed by atoms with Gasteiger partial charge in [0, 0.05) is 0 Å². The summed E-state index contributed by atoms with van der Waals surface area (Å²) in [4.78, 5) is 1.65. The summed E-state index contributed by atoms with van der Waals surface area (Å²) in [6.45, 7) is 2.33. The summed E-state index contributed by atoms with van der Waals surface area (Å²) in [7, 11) is 4.58. The lowest BCUT2D eigenvalue weighted by Gasteiger charge is -2.29. The molecule has 0 radical (unpaired) electrons. The second kappa shape index (κ2) is 6.19. The Morgan fingerprint density at radius 3 is 1.92 bits per heavy atom. The first kappa shape index (κ1) is 12.7. The molecule has 0 aromatic heterocycles. The van der Waals surface area contributed by atoms with Gasteiger partial charge in [-0.3, -0.25) is 0 Å². The van der Waals surface area contributed by atoms with E-state index in [1.807, 2.05) is 0 Å². The van der Waals surface area contributed by atoms with Gasteiger partial charge in [0.15, 0.2) is 0 Å². The fourth-order valence-electron chi connectivity index (χ4n) is 2.15. The van der Waals surface area contributed by atoms with E-state index in [-0.39, 0.29) is 24.0 Å². The summed E-state index contributed by atoms with van der Waals surface area (Å²) >= 11 is 0. The second-order valence-electron chi connectivity index (χ2n) is 4.20. The molecule has 12 heavy (non-hydrogen) atoms. The monoisotopic (exact) mass is 283 g/mol. The molecule has 0 saturated heterocycles. The first-order valence-corrected chi connectivity index (χ1v) is 5.04. The Balaban J connectivity index is 0.00000121. The Hall–Kier alpha value is 0.690. The number of quaternary nitrogens is 1. The fraction of sp³-hybridized carbons (Fsp3) is 1.00. The molecule has 1 nitrogen and oxygen atoms in total. The third kappa shape index (κ3) is 3.60. The van der Waals surface area contributed by atoms with Crippen molar-refractivity contribution < 1.29 is 28.9 Å². The first-order valence-electron chi connectivity index (χ1n) is 5.04. The minimum absolute atomic E-state index is 0. The van der Waals surface area contributed by atoms with Gasteiger partial charge in [0.05, 0.1) is 20.1 Å². The van der Waals surface area contributed by atoms with E-state index in [1.54, 1.807) is 4.90 Å². The molecule has 1 rings (SSSR count). The molecule has 1 fully saturated rings. The summed E-state index contributed by atoms with van der Waals surface area (Å²) in [6.07, 6.45) is 7.27. The topological polar surface area (TPSA) is 4.44 Å². The van der Waals surface area contributed by atoms with Crippen molar-refractivity contribution in [3.63, 3.8) is 0 Å². The van der Waals surface area contributed by atoms with Crippen LogP contribution in [0.4, 0.5) is 0 Å². The van der Waals surface area contributed by atoms with Crippen molar-refractivity contribution in [3.05, 3.63) is 0 Å². The summed E-state index contributed by atoms with van der Waals surface area (Å²) in [5.41, 5.74) is 0. The fourth-order valence-corrected chi connectivity index (χ4v) is 2.15. The molecule has 0 aromatic carbocycles. The maximum Gasteiger partial charge on any atom is 0.0870 e. The zero-order valence-corrected chi connectivity index (χ0v) is 10.7. The van der Waals surface area contributed by atoms with Crippen LogP contribution < -0.4 is 28.9 Å². The molecule has 1 aliphatic carbocycles. The van der Waals surface area contributed by atoms with Crippen LogP contribution in [0.3, 0.4) is 0 Å². The Morgan fingerprint density at radius 2 is 1.58 bits per heavy atom. The van der Waals surface area contributed by atoms with Gasteiger partial charge in [-0.2, -0.15) is 0 Å². The standard InChI is InChI=1S/C10H21N.HI/c1-4-9-5-7-10(8-6-9)11(2)3;/h9-10H,4-8H2,1-3H3;1H. The Bertz CT molecular complexity index is 106. The van der Waals surface area contributed by atoms with Crippen LogP contribution in [0, 0.1) is 5.92 Å². The summed E-state index contributed by atoms with van der Waals surface area (Å²) < 4.78 is 0. The van der Waals surface area contributed by atoms with Crippen molar-refractivity contribution in [1.82, 2.24) is 0 Å². The van der Waals surface area contributed by atoms with Gasteiger partial charge in [-0.05, 0) is 31.6 Å². The first-order chi connectivity index (χ1) is 5.24. The van der Waals surface area contributed by atoms with E-state index in [4.69, 9.17) is 0 Å². The highest BCUT2D eigenvalue weighted by atomic mass is 127. The summed E-state index contributed by atoms with van der Waals surface area (Å²) in [5.74, 6) is 1.05. The van der Waals surface area contributed by atoms with Gasteiger partial charge in [0.1, 0.15) is 0 Å². The molecule has 0 spiro atoms. The molecule has 1 saturated carbocycles. The van der Waals surface area contributed by atoms with Crippen molar-refractivity contribution in [2.24, 2.45) is 5.92 Å². The van der Waals surface area contributed by atoms with Gasteiger partial charge >= 0.3 is 0 Å². The lowest BCUT2D eigenvalue weighted by Crippen LogP contribution is -3.10. The molecular formula is C10H22IN. The van der Waals surface area contributed by atoms with Gasteiger partial charge in [-0.15, -0.1) is 0 Å². The molecule has 74 valence electrons. The Morgan fingerprint density at radius 1 is 1.08 bits per heavy atom. The molecule has 0 atom stereocenters. The largest absolute Gasteiger partial charge is 1.00 e. The predicted molar refractivity (Wildman–Crippen MR) is 48.8 cm³/mol. The maximum absolute atomic E-state index is 2.33. The summed E-state index contributed by atoms with van der Waals surface area (Å²) in [6, 6.07) is 0.956. The van der Waals surface area contributed by atoms with Crippen LogP contribution in [0.2, 0.25) is 0 Å². The summed E-state index contributed by atoms with van der Waals surface area (Å²) in [5, 5.41) is 0. The highest BCUT2D eigenvalue weighted by Crippen LogP contribution is 2.24. The van der Waals surface area contributed by atoms with E-state index in [1.165, 1.54) is 32.1 Å². The van der Waals surface area contributed by atoms with Crippen LogP contribution in [0.25, 0.3) is 0 Å². The van der Waals surface area contributed by atoms with Gasteiger partial charge < -0.3 is 28.9 Å². The van der Waals surface area contributed by atoms with Crippen LogP contribution in [0.1, 0.15) is 39.0 Å². The van der Waals surface area contributed by atoms with Gasteiger partial charge in [-0.25, -0.2) is 0 Å². The minimum Gasteiger partial charge on any atom is -1.00 e. The van der Waals surface area contributed by atoms with Crippen molar-refractivity contribution in [2.75, 3.05) is 14.1 Å². The van der Waals surface area contributed by atoms with E-state index in [9.17, 15) is 0 Å². The van der Waals surface area contributed by atoms with Crippen LogP contribution >= 0.6 is 0 Å². The van der Waals surface area contributed by atoms with Crippen molar-refractivity contribution >= 4 is 0 Å². The molecule has 0 aromatic rings. The predicted octanol–water partition coefficient (Wildman–Crippen LogP) is -1.90. The molecular weight excluding hydrogens is 261 g/mol. The molecule has 0 heterocycles. The lowest BCUT2D eigenvalue weighted by molar-refractivity contribution is -0.887. The molecule has 1 N–H and O–H groups in total. The molecule has 0 unspecified atom stereocenters. The van der Waals surface area contributed by atoms with E-state index < -0.39 is 0 Å². The number of hydrogen-bond donors (Lipinski definition) is 1. The van der Waals surface area contributed by atoms with Crippen molar-refractivity contribution in [1.29, 1.82) is 0 Å². The lowest BCUT2D eigenvalue weighted by atomic mass is 9.84. The van der Waals surface area contributed by atoms with Gasteiger partial charge in [0.25, 0.3) is 0 Å². The number of nitrogens with one attached hydrogen (secondary N) is 1. The smallest absolute Gasteiger partial charge is 0.0870 e. The molecule has 2 heteroatoms. The highest BCUT2D eigenvalue weighted by molar-refractivity contribution is 4.70. The number of halogens is 1. The van der Waals surface area contributed by atoms with E-state index >= 15 is 0 Å². The molecule has 0 amide bonds. The Kier molecular flexibility index (Phi) is 6.55. The molecule has 1 aliphatic rings. The average molecular weight is 283 g/mol. The zero-order chi connectivity index (χ0) is 8.27. The van der Waals surface area contributed by atoms with Crippen molar-refractivity contribution in [2.45, 2.75) is 45.1 Å². The second-order valence-corrected chi connectivity index (χ2v) is 4.20. The van der Waals surface area contributed by atoms with Crippen LogP contribution in [-0.4, -0.2) is 20.1 Å². The zero-order valence-electron chi connectivity index (χ0n) is 8.57. The van der Waals surface area contributed by atoms with Gasteiger partial charge in [-0.1, -0.05) is 13.3 Å². The van der Waals surface area contributed by atoms with E-state index in [0.29, 0.717) is 0 Å². The molecule has 0 aliphatic heterocycles. The minimum atomic E-state index is 0. The molecule has 0 bridgehead atoms. The van der Waals surface area contributed by atoms with Crippen LogP contribution in [-0.2, 0) is 0 Å². The van der Waals surface area contributed by atoms with Crippen LogP contribution in [0.5, 0.6) is 0 Å². The maximum atomic E-state index is 2.33. The third-order valence-electron chi connectivity index (χ3n) is 3.24. The Labute approximate surface area is 93.9 Å². The van der Waals surface area contributed by atoms with Crippen LogP contribution in [0.15, 0.2) is 0 Å². The van der Waals surface area contributed by atoms with Gasteiger partial charge in [0.2, 0.25) is 0 Å².